The van der Waals surface area contributed by atoms with E-state index in [0.717, 1.165) is 38.4 Å². The lowest BCUT2D eigenvalue weighted by Crippen LogP contribution is -2.45. The van der Waals surface area contributed by atoms with Crippen molar-refractivity contribution < 1.29 is 9.47 Å². The van der Waals surface area contributed by atoms with Gasteiger partial charge in [0.25, 0.3) is 0 Å². The molecule has 1 N–H and O–H groups in total. The number of fused-ring (bicyclic) bond motifs is 1. The van der Waals surface area contributed by atoms with Crippen LogP contribution in [0.1, 0.15) is 30.0 Å². The van der Waals surface area contributed by atoms with Crippen molar-refractivity contribution in [2.24, 2.45) is 0 Å². The second-order valence-electron chi connectivity index (χ2n) is 6.17. The number of nitrogens with one attached hydrogen (secondary N) is 1. The molecule has 116 valence electrons. The average molecular weight is 290 g/mol. The maximum Gasteiger partial charge on any atom is 0.119 e. The van der Waals surface area contributed by atoms with Gasteiger partial charge in [0.15, 0.2) is 0 Å². The molecule has 1 saturated heterocycles. The second-order valence-corrected chi connectivity index (χ2v) is 6.17. The fourth-order valence-electron chi connectivity index (χ4n) is 3.39. The highest BCUT2D eigenvalue weighted by molar-refractivity contribution is 5.39. The summed E-state index contributed by atoms with van der Waals surface area (Å²) in [5.74, 6) is 0.964. The van der Waals surface area contributed by atoms with Crippen molar-refractivity contribution in [3.63, 3.8) is 0 Å². The van der Waals surface area contributed by atoms with Crippen molar-refractivity contribution in [2.75, 3.05) is 40.4 Å². The van der Waals surface area contributed by atoms with Gasteiger partial charge in [-0.2, -0.15) is 0 Å². The van der Waals surface area contributed by atoms with Crippen molar-refractivity contribution >= 4 is 0 Å². The lowest BCUT2D eigenvalue weighted by atomic mass is 9.87. The van der Waals surface area contributed by atoms with E-state index < -0.39 is 0 Å². The van der Waals surface area contributed by atoms with Crippen LogP contribution >= 0.6 is 0 Å². The molecule has 1 aliphatic carbocycles. The first kappa shape index (κ1) is 14.8. The molecule has 4 nitrogen and oxygen atoms in total. The summed E-state index contributed by atoms with van der Waals surface area (Å²) in [6, 6.07) is 6.94. The standard InChI is InChI=1S/C17H26N2O2/c1-19-8-9-21-15(12-19)11-18-17-5-3-4-13-10-14(20-2)6-7-16(13)17/h6-7,10,15,17-18H,3-5,8-9,11-12H2,1-2H3. The zero-order chi connectivity index (χ0) is 14.7. The van der Waals surface area contributed by atoms with E-state index in [-0.39, 0.29) is 0 Å². The fourth-order valence-corrected chi connectivity index (χ4v) is 3.39. The van der Waals surface area contributed by atoms with E-state index in [1.807, 2.05) is 0 Å². The largest absolute Gasteiger partial charge is 0.497 e. The summed E-state index contributed by atoms with van der Waals surface area (Å²) in [6.07, 6.45) is 3.92. The molecule has 21 heavy (non-hydrogen) atoms. The number of nitrogens with zero attached hydrogens (tertiary/aromatic N) is 1. The molecule has 2 aliphatic rings. The number of benzene rings is 1. The number of rotatable bonds is 4. The molecule has 0 saturated carbocycles. The lowest BCUT2D eigenvalue weighted by molar-refractivity contribution is -0.0195. The molecule has 0 aromatic heterocycles. The summed E-state index contributed by atoms with van der Waals surface area (Å²) in [5, 5.41) is 3.71. The van der Waals surface area contributed by atoms with Crippen LogP contribution in [0.25, 0.3) is 0 Å². The molecule has 2 atom stereocenters. The van der Waals surface area contributed by atoms with Gasteiger partial charge in [0.05, 0.1) is 19.8 Å². The Kier molecular flexibility index (Phi) is 4.78. The zero-order valence-corrected chi connectivity index (χ0v) is 13.1. The molecule has 1 aromatic carbocycles. The highest BCUT2D eigenvalue weighted by Gasteiger charge is 2.23. The van der Waals surface area contributed by atoms with E-state index in [4.69, 9.17) is 9.47 Å². The van der Waals surface area contributed by atoms with Gasteiger partial charge in [-0.15, -0.1) is 0 Å². The van der Waals surface area contributed by atoms with Gasteiger partial charge in [-0.1, -0.05) is 6.07 Å². The van der Waals surface area contributed by atoms with E-state index in [1.54, 1.807) is 7.11 Å². The van der Waals surface area contributed by atoms with Crippen molar-refractivity contribution in [3.8, 4) is 5.75 Å². The molecular formula is C17H26N2O2. The van der Waals surface area contributed by atoms with Crippen LogP contribution in [-0.4, -0.2) is 51.4 Å². The van der Waals surface area contributed by atoms with Gasteiger partial charge in [0.1, 0.15) is 5.75 Å². The minimum absolute atomic E-state index is 0.312. The van der Waals surface area contributed by atoms with E-state index in [2.05, 4.69) is 35.5 Å². The lowest BCUT2D eigenvalue weighted by Gasteiger charge is -2.33. The molecule has 3 rings (SSSR count). The Morgan fingerprint density at radius 2 is 2.33 bits per heavy atom. The van der Waals surface area contributed by atoms with Crippen molar-refractivity contribution in [2.45, 2.75) is 31.4 Å². The Balaban J connectivity index is 1.62. The van der Waals surface area contributed by atoms with Crippen LogP contribution in [0.4, 0.5) is 0 Å². The predicted octanol–water partition coefficient (Wildman–Crippen LogP) is 1.99. The molecule has 2 unspecified atom stereocenters. The molecule has 1 heterocycles. The molecule has 1 aliphatic heterocycles. The van der Waals surface area contributed by atoms with E-state index in [0.29, 0.717) is 12.1 Å². The summed E-state index contributed by atoms with van der Waals surface area (Å²) >= 11 is 0. The fraction of sp³-hybridized carbons (Fsp3) is 0.647. The topological polar surface area (TPSA) is 33.7 Å². The maximum absolute atomic E-state index is 5.84. The van der Waals surface area contributed by atoms with Crippen LogP contribution in [0.2, 0.25) is 0 Å². The number of likely N-dealkylation sites (N-methyl/N-ethyl adjacent to an activating group) is 1. The molecule has 1 aromatic rings. The molecule has 0 bridgehead atoms. The van der Waals surface area contributed by atoms with Crippen molar-refractivity contribution in [1.82, 2.24) is 10.2 Å². The maximum atomic E-state index is 5.84. The first-order chi connectivity index (χ1) is 10.3. The number of aryl methyl sites for hydroxylation is 1. The highest BCUT2D eigenvalue weighted by Crippen LogP contribution is 2.32. The smallest absolute Gasteiger partial charge is 0.119 e. The van der Waals surface area contributed by atoms with Gasteiger partial charge in [0, 0.05) is 25.7 Å². The molecule has 0 spiro atoms. The van der Waals surface area contributed by atoms with Gasteiger partial charge in [-0.3, -0.25) is 0 Å². The number of morpholine rings is 1. The zero-order valence-electron chi connectivity index (χ0n) is 13.1. The second kappa shape index (κ2) is 6.77. The summed E-state index contributed by atoms with van der Waals surface area (Å²) in [7, 11) is 3.90. The predicted molar refractivity (Wildman–Crippen MR) is 83.9 cm³/mol. The average Bonchev–Trinajstić information content (AvgIpc) is 2.52. The number of methoxy groups -OCH3 is 1. The number of hydrogen-bond acceptors (Lipinski definition) is 4. The summed E-state index contributed by atoms with van der Waals surface area (Å²) in [6.45, 7) is 3.85. The quantitative estimate of drug-likeness (QED) is 0.919. The molecule has 4 heteroatoms. The van der Waals surface area contributed by atoms with Crippen LogP contribution < -0.4 is 10.1 Å². The minimum Gasteiger partial charge on any atom is -0.497 e. The number of ether oxygens (including phenoxy) is 2. The molecular weight excluding hydrogens is 264 g/mol. The van der Waals surface area contributed by atoms with Crippen molar-refractivity contribution in [3.05, 3.63) is 29.3 Å². The van der Waals surface area contributed by atoms with Gasteiger partial charge in [-0.05, 0) is 49.6 Å². The summed E-state index contributed by atoms with van der Waals surface area (Å²) in [5.41, 5.74) is 2.87. The van der Waals surface area contributed by atoms with E-state index in [9.17, 15) is 0 Å². The van der Waals surface area contributed by atoms with Crippen molar-refractivity contribution in [1.29, 1.82) is 0 Å². The normalized spacial score (nSPS) is 26.4. The highest BCUT2D eigenvalue weighted by atomic mass is 16.5. The minimum atomic E-state index is 0.312. The summed E-state index contributed by atoms with van der Waals surface area (Å²) < 4.78 is 11.2. The Labute approximate surface area is 127 Å². The van der Waals surface area contributed by atoms with Crippen LogP contribution in [0.5, 0.6) is 5.75 Å². The third-order valence-electron chi connectivity index (χ3n) is 4.60. The third kappa shape index (κ3) is 3.57. The van der Waals surface area contributed by atoms with Gasteiger partial charge < -0.3 is 19.7 Å². The monoisotopic (exact) mass is 290 g/mol. The first-order valence-electron chi connectivity index (χ1n) is 7.96. The van der Waals surface area contributed by atoms with Crippen LogP contribution in [0.15, 0.2) is 18.2 Å². The van der Waals surface area contributed by atoms with Crippen LogP contribution in [0, 0.1) is 0 Å². The van der Waals surface area contributed by atoms with E-state index >= 15 is 0 Å². The Morgan fingerprint density at radius 3 is 3.14 bits per heavy atom. The third-order valence-corrected chi connectivity index (χ3v) is 4.60. The summed E-state index contributed by atoms with van der Waals surface area (Å²) in [4.78, 5) is 2.34. The van der Waals surface area contributed by atoms with E-state index in [1.165, 1.54) is 24.0 Å². The molecule has 1 fully saturated rings. The molecule has 0 radical (unpaired) electrons. The van der Waals surface area contributed by atoms with Gasteiger partial charge >= 0.3 is 0 Å². The Bertz CT molecular complexity index is 478. The van der Waals surface area contributed by atoms with Crippen LogP contribution in [-0.2, 0) is 11.2 Å². The van der Waals surface area contributed by atoms with Gasteiger partial charge in [-0.25, -0.2) is 0 Å². The molecule has 0 amide bonds. The number of hydrogen-bond donors (Lipinski definition) is 1. The first-order valence-corrected chi connectivity index (χ1v) is 7.96. The van der Waals surface area contributed by atoms with Crippen LogP contribution in [0.3, 0.4) is 0 Å². The Morgan fingerprint density at radius 1 is 1.43 bits per heavy atom. The van der Waals surface area contributed by atoms with Gasteiger partial charge in [0.2, 0.25) is 0 Å². The Hall–Kier alpha value is -1.10. The SMILES string of the molecule is COc1ccc2c(c1)CCCC2NCC1CN(C)CCO1.